The molecule has 0 aliphatic carbocycles. The molecule has 9 nitrogen and oxygen atoms in total. The molecule has 1 saturated heterocycles. The Labute approximate surface area is 232 Å². The van der Waals surface area contributed by atoms with Gasteiger partial charge in [0.05, 0.1) is 29.7 Å². The molecule has 40 heavy (non-hydrogen) atoms. The van der Waals surface area contributed by atoms with Gasteiger partial charge in [-0.05, 0) is 72.7 Å². The molecule has 1 N–H and O–H groups in total. The lowest BCUT2D eigenvalue weighted by molar-refractivity contribution is 0.0698. The number of aromatic nitrogens is 2. The Kier molecular flexibility index (Phi) is 7.02. The molecule has 0 bridgehead atoms. The summed E-state index contributed by atoms with van der Waals surface area (Å²) in [5.41, 5.74) is 6.65. The maximum absolute atomic E-state index is 12.0. The lowest BCUT2D eigenvalue weighted by Crippen LogP contribution is -2.34. The highest BCUT2D eigenvalue weighted by Gasteiger charge is 2.21. The maximum atomic E-state index is 12.0. The van der Waals surface area contributed by atoms with Crippen LogP contribution in [-0.2, 0) is 6.54 Å². The summed E-state index contributed by atoms with van der Waals surface area (Å²) in [6.07, 6.45) is 2.47. The summed E-state index contributed by atoms with van der Waals surface area (Å²) in [7, 11) is 0. The number of hydrogen-bond acceptors (Lipinski definition) is 7. The van der Waals surface area contributed by atoms with Crippen LogP contribution in [0.2, 0.25) is 0 Å². The second-order valence-corrected chi connectivity index (χ2v) is 10.4. The van der Waals surface area contributed by atoms with Crippen molar-refractivity contribution in [2.45, 2.75) is 33.2 Å². The SMILES string of the molecule is CCOc1nc2cccc(C(=O)O)c2n1Cc1ccc(-c2cc(N3CCC[C@H](C)C3)ccc2C2=NCN=N2)cc1. The number of anilines is 1. The van der Waals surface area contributed by atoms with Gasteiger partial charge in [0.15, 0.2) is 12.5 Å². The Morgan fingerprint density at radius 3 is 2.67 bits per heavy atom. The fourth-order valence-corrected chi connectivity index (χ4v) is 5.65. The lowest BCUT2D eigenvalue weighted by Gasteiger charge is -2.33. The number of azo groups is 1. The van der Waals surface area contributed by atoms with E-state index in [1.54, 1.807) is 12.1 Å². The van der Waals surface area contributed by atoms with E-state index in [1.165, 1.54) is 18.5 Å². The van der Waals surface area contributed by atoms with E-state index in [0.29, 0.717) is 48.6 Å². The van der Waals surface area contributed by atoms with Crippen molar-refractivity contribution in [1.82, 2.24) is 9.55 Å². The number of ether oxygens (including phenoxy) is 1. The quantitative estimate of drug-likeness (QED) is 0.286. The molecule has 1 aromatic heterocycles. The molecule has 3 heterocycles. The molecule has 0 unspecified atom stereocenters. The topological polar surface area (TPSA) is 105 Å². The Hall–Kier alpha value is -4.53. The first-order chi connectivity index (χ1) is 19.5. The molecule has 0 radical (unpaired) electrons. The molecule has 1 fully saturated rings. The van der Waals surface area contributed by atoms with E-state index in [4.69, 9.17) is 4.74 Å². The molecule has 9 heteroatoms. The number of benzene rings is 3. The number of amidine groups is 1. The van der Waals surface area contributed by atoms with Crippen LogP contribution in [-0.4, -0.2) is 52.8 Å². The van der Waals surface area contributed by atoms with Crippen LogP contribution in [0.15, 0.2) is 75.9 Å². The third-order valence-electron chi connectivity index (χ3n) is 7.56. The number of carboxylic acids is 1. The first kappa shape index (κ1) is 25.7. The molecule has 0 amide bonds. The number of piperidine rings is 1. The molecule has 3 aromatic carbocycles. The van der Waals surface area contributed by atoms with Gasteiger partial charge in [0, 0.05) is 24.3 Å². The molecular weight excluding hydrogens is 504 g/mol. The van der Waals surface area contributed by atoms with Gasteiger partial charge in [-0.15, -0.1) is 5.11 Å². The Morgan fingerprint density at radius 2 is 1.95 bits per heavy atom. The minimum atomic E-state index is -0.993. The summed E-state index contributed by atoms with van der Waals surface area (Å²) in [6.45, 7) is 7.53. The van der Waals surface area contributed by atoms with E-state index in [0.717, 1.165) is 35.3 Å². The average molecular weight is 537 g/mol. The van der Waals surface area contributed by atoms with E-state index in [9.17, 15) is 9.90 Å². The van der Waals surface area contributed by atoms with Gasteiger partial charge >= 0.3 is 5.97 Å². The molecule has 4 aromatic rings. The Morgan fingerprint density at radius 1 is 1.10 bits per heavy atom. The zero-order chi connectivity index (χ0) is 27.6. The van der Waals surface area contributed by atoms with Gasteiger partial charge in [-0.2, -0.15) is 10.1 Å². The van der Waals surface area contributed by atoms with Crippen molar-refractivity contribution in [2.24, 2.45) is 21.1 Å². The van der Waals surface area contributed by atoms with Crippen molar-refractivity contribution < 1.29 is 14.6 Å². The normalized spacial score (nSPS) is 16.9. The van der Waals surface area contributed by atoms with Crippen molar-refractivity contribution in [2.75, 3.05) is 31.3 Å². The van der Waals surface area contributed by atoms with Crippen LogP contribution in [0.5, 0.6) is 6.01 Å². The average Bonchev–Trinajstić information content (AvgIpc) is 3.62. The van der Waals surface area contributed by atoms with Crippen LogP contribution < -0.4 is 9.64 Å². The van der Waals surface area contributed by atoms with Gasteiger partial charge < -0.3 is 14.7 Å². The number of hydrogen-bond donors (Lipinski definition) is 1. The number of imidazole rings is 1. The number of aliphatic imine (C=N–C) groups is 1. The van der Waals surface area contributed by atoms with Crippen molar-refractivity contribution in [3.8, 4) is 17.1 Å². The summed E-state index contributed by atoms with van der Waals surface area (Å²) in [5, 5.41) is 18.2. The first-order valence-electron chi connectivity index (χ1n) is 13.8. The number of fused-ring (bicyclic) bond motifs is 1. The van der Waals surface area contributed by atoms with E-state index >= 15 is 0 Å². The minimum Gasteiger partial charge on any atom is -0.478 e. The van der Waals surface area contributed by atoms with E-state index in [-0.39, 0.29) is 5.56 Å². The predicted molar refractivity (Wildman–Crippen MR) is 156 cm³/mol. The summed E-state index contributed by atoms with van der Waals surface area (Å²) >= 11 is 0. The smallest absolute Gasteiger partial charge is 0.337 e. The summed E-state index contributed by atoms with van der Waals surface area (Å²) < 4.78 is 7.64. The third kappa shape index (κ3) is 4.95. The van der Waals surface area contributed by atoms with Gasteiger partial charge in [-0.1, -0.05) is 37.3 Å². The van der Waals surface area contributed by atoms with Crippen LogP contribution >= 0.6 is 0 Å². The van der Waals surface area contributed by atoms with Gasteiger partial charge in [0.2, 0.25) is 0 Å². The molecule has 204 valence electrons. The monoisotopic (exact) mass is 536 g/mol. The summed E-state index contributed by atoms with van der Waals surface area (Å²) in [4.78, 5) is 23.5. The van der Waals surface area contributed by atoms with E-state index in [2.05, 4.69) is 74.5 Å². The van der Waals surface area contributed by atoms with Crippen LogP contribution in [0.1, 0.15) is 48.2 Å². The highest BCUT2D eigenvalue weighted by molar-refractivity contribution is 6.06. The second kappa shape index (κ2) is 10.9. The van der Waals surface area contributed by atoms with Gasteiger partial charge in [0.25, 0.3) is 6.01 Å². The van der Waals surface area contributed by atoms with Crippen molar-refractivity contribution in [1.29, 1.82) is 0 Å². The van der Waals surface area contributed by atoms with E-state index in [1.807, 2.05) is 17.6 Å². The predicted octanol–water partition coefficient (Wildman–Crippen LogP) is 6.25. The van der Waals surface area contributed by atoms with Gasteiger partial charge in [0.1, 0.15) is 0 Å². The minimum absolute atomic E-state index is 0.201. The number of rotatable bonds is 8. The van der Waals surface area contributed by atoms with Gasteiger partial charge in [-0.3, -0.25) is 4.57 Å². The highest BCUT2D eigenvalue weighted by atomic mass is 16.5. The van der Waals surface area contributed by atoms with Crippen LogP contribution in [0.4, 0.5) is 5.69 Å². The number of carbonyl (C=O) groups is 1. The largest absolute Gasteiger partial charge is 0.478 e. The molecule has 2 aliphatic rings. The molecule has 6 rings (SSSR count). The molecular formula is C31H32N6O3. The fourth-order valence-electron chi connectivity index (χ4n) is 5.65. The number of aromatic carboxylic acids is 1. The zero-order valence-electron chi connectivity index (χ0n) is 22.7. The molecule has 0 spiro atoms. The molecule has 1 atom stereocenters. The van der Waals surface area contributed by atoms with Crippen molar-refractivity contribution >= 4 is 28.5 Å². The zero-order valence-corrected chi connectivity index (χ0v) is 22.7. The van der Waals surface area contributed by atoms with Crippen molar-refractivity contribution in [3.05, 3.63) is 77.4 Å². The second-order valence-electron chi connectivity index (χ2n) is 10.4. The van der Waals surface area contributed by atoms with Crippen LogP contribution in [0.25, 0.3) is 22.2 Å². The highest BCUT2D eigenvalue weighted by Crippen LogP contribution is 2.33. The Bertz CT molecular complexity index is 1620. The molecule has 2 aliphatic heterocycles. The number of para-hydroxylation sites is 1. The lowest BCUT2D eigenvalue weighted by atomic mass is 9.95. The Balaban J connectivity index is 1.36. The molecule has 0 saturated carbocycles. The van der Waals surface area contributed by atoms with E-state index < -0.39 is 5.97 Å². The van der Waals surface area contributed by atoms with Crippen LogP contribution in [0, 0.1) is 5.92 Å². The fraction of sp³-hybridized carbons (Fsp3) is 0.323. The number of nitrogens with zero attached hydrogens (tertiary/aromatic N) is 6. The standard InChI is InChI=1S/C31H32N6O3/c1-3-40-31-34-27-8-4-7-25(30(38)39)28(27)37(31)18-21-9-11-22(12-10-21)26-16-23(36-15-5-6-20(2)17-36)13-14-24(26)29-32-19-33-35-29/h4,7-14,16,20H,3,5-6,15,17-19H2,1-2H3,(H,38,39)/t20-/m0/s1. The maximum Gasteiger partial charge on any atom is 0.337 e. The summed E-state index contributed by atoms with van der Waals surface area (Å²) in [6, 6.07) is 20.4. The third-order valence-corrected chi connectivity index (χ3v) is 7.56. The summed E-state index contributed by atoms with van der Waals surface area (Å²) in [5.74, 6) is 0.337. The van der Waals surface area contributed by atoms with Crippen molar-refractivity contribution in [3.63, 3.8) is 0 Å². The van der Waals surface area contributed by atoms with Crippen LogP contribution in [0.3, 0.4) is 0 Å². The van der Waals surface area contributed by atoms with Gasteiger partial charge in [-0.25, -0.2) is 9.79 Å². The first-order valence-corrected chi connectivity index (χ1v) is 13.8. The number of carboxylic acid groups (broad SMARTS) is 1.